The van der Waals surface area contributed by atoms with Crippen molar-refractivity contribution in [2.45, 2.75) is 31.0 Å². The molecule has 1 aliphatic rings. The normalized spacial score (nSPS) is 20.9. The van der Waals surface area contributed by atoms with Gasteiger partial charge in [0, 0.05) is 23.7 Å². The summed E-state index contributed by atoms with van der Waals surface area (Å²) in [5, 5.41) is 18.3. The first kappa shape index (κ1) is 27.0. The van der Waals surface area contributed by atoms with Gasteiger partial charge in [0.15, 0.2) is 0 Å². The number of pyridine rings is 1. The number of rotatable bonds is 9. The number of aliphatic hydroxyl groups is 1. The van der Waals surface area contributed by atoms with Crippen molar-refractivity contribution in [2.24, 2.45) is 16.8 Å². The number of thiophene rings is 1. The maximum Gasteiger partial charge on any atom is 0.333 e. The minimum Gasteiger partial charge on any atom is -0.393 e. The van der Waals surface area contributed by atoms with Gasteiger partial charge in [-0.15, -0.1) is 11.3 Å². The van der Waals surface area contributed by atoms with E-state index < -0.39 is 28.4 Å². The molecule has 0 bridgehead atoms. The summed E-state index contributed by atoms with van der Waals surface area (Å²) in [5.41, 5.74) is 7.74. The van der Waals surface area contributed by atoms with Crippen LogP contribution >= 0.6 is 38.9 Å². The van der Waals surface area contributed by atoms with Crippen LogP contribution in [0.4, 0.5) is 5.82 Å². The second-order valence-electron chi connectivity index (χ2n) is 8.23. The number of aliphatic hydroxyl groups excluding tert-OH is 1. The Bertz CT molecular complexity index is 1370. The molecule has 0 amide bonds. The number of ketones is 1. The van der Waals surface area contributed by atoms with E-state index in [2.05, 4.69) is 40.4 Å². The maximum absolute atomic E-state index is 13.4. The number of nitrogens with two attached hydrogens (primary N) is 2. The summed E-state index contributed by atoms with van der Waals surface area (Å²) in [6.45, 7) is -0.239. The minimum absolute atomic E-state index is 0.217. The smallest absolute Gasteiger partial charge is 0.333 e. The van der Waals surface area contributed by atoms with Crippen LogP contribution in [-0.4, -0.2) is 53.0 Å². The van der Waals surface area contributed by atoms with Crippen LogP contribution in [0.25, 0.3) is 0 Å². The molecule has 11 nitrogen and oxygen atoms in total. The Morgan fingerprint density at radius 1 is 1.39 bits per heavy atom. The van der Waals surface area contributed by atoms with Gasteiger partial charge in [0.05, 0.1) is 39.2 Å². The molecule has 1 fully saturated rings. The van der Waals surface area contributed by atoms with Gasteiger partial charge in [-0.2, -0.15) is 8.42 Å². The van der Waals surface area contributed by atoms with Crippen molar-refractivity contribution >= 4 is 60.8 Å². The highest BCUT2D eigenvalue weighted by molar-refractivity contribution is 9.10. The molecule has 1 saturated carbocycles. The van der Waals surface area contributed by atoms with Gasteiger partial charge in [-0.25, -0.2) is 20.1 Å². The van der Waals surface area contributed by atoms with E-state index in [4.69, 9.17) is 22.5 Å². The van der Waals surface area contributed by atoms with Crippen LogP contribution in [0.5, 0.6) is 0 Å². The second kappa shape index (κ2) is 11.1. The zero-order chi connectivity index (χ0) is 26.0. The van der Waals surface area contributed by atoms with Crippen molar-refractivity contribution in [2.75, 3.05) is 11.9 Å². The minimum atomic E-state index is -4.11. The third-order valence-electron chi connectivity index (χ3n) is 5.73. The molecule has 0 spiro atoms. The van der Waals surface area contributed by atoms with Gasteiger partial charge in [0.25, 0.3) is 0 Å². The van der Waals surface area contributed by atoms with Crippen molar-refractivity contribution in [3.63, 3.8) is 0 Å². The van der Waals surface area contributed by atoms with Crippen LogP contribution in [0.15, 0.2) is 41.4 Å². The third-order valence-corrected chi connectivity index (χ3v) is 8.02. The molecule has 0 aliphatic heterocycles. The van der Waals surface area contributed by atoms with Gasteiger partial charge < -0.3 is 16.2 Å². The van der Waals surface area contributed by atoms with E-state index in [1.807, 2.05) is 6.07 Å². The van der Waals surface area contributed by atoms with Gasteiger partial charge in [0.2, 0.25) is 5.78 Å². The van der Waals surface area contributed by atoms with Crippen LogP contribution in [0.2, 0.25) is 4.34 Å². The highest BCUT2D eigenvalue weighted by Crippen LogP contribution is 2.36. The highest BCUT2D eigenvalue weighted by atomic mass is 79.9. The average Bonchev–Trinajstić information content (AvgIpc) is 3.38. The summed E-state index contributed by atoms with van der Waals surface area (Å²) in [4.78, 5) is 26.3. The number of halogens is 2. The van der Waals surface area contributed by atoms with Crippen LogP contribution in [0, 0.1) is 5.92 Å². The first-order valence-corrected chi connectivity index (χ1v) is 14.1. The first-order chi connectivity index (χ1) is 17.0. The standard InChI is InChI=1S/C21H22BrClN6O5S2/c22-17-3-1-2-14(29-17)18(24)12-6-16(35-20(12)23)19(31)13-7-26-9-27-21(13)28-11-4-10(15(30)5-11)8-34-36(25,32)33/h1-3,6-7,9-11,15,18,30H,4-5,8,24H2,(H2,25,32,33)(H,26,27,28)/t10-,11-,15+,18-/m1/s1. The maximum atomic E-state index is 13.4. The first-order valence-electron chi connectivity index (χ1n) is 10.7. The van der Waals surface area contributed by atoms with Crippen LogP contribution in [0.3, 0.4) is 0 Å². The molecular weight excluding hydrogens is 596 g/mol. The molecule has 3 aromatic heterocycles. The van der Waals surface area contributed by atoms with Crippen molar-refractivity contribution < 1.29 is 22.5 Å². The topological polar surface area (TPSA) is 183 Å². The number of aromatic nitrogens is 3. The largest absolute Gasteiger partial charge is 0.393 e. The lowest BCUT2D eigenvalue weighted by molar-refractivity contribution is 0.101. The lowest BCUT2D eigenvalue weighted by Gasteiger charge is -2.15. The summed E-state index contributed by atoms with van der Waals surface area (Å²) < 4.78 is 27.8. The van der Waals surface area contributed by atoms with Crippen LogP contribution in [-0.2, 0) is 14.5 Å². The molecule has 0 aromatic carbocycles. The van der Waals surface area contributed by atoms with Crippen molar-refractivity contribution in [3.8, 4) is 0 Å². The van der Waals surface area contributed by atoms with E-state index >= 15 is 0 Å². The van der Waals surface area contributed by atoms with E-state index in [0.29, 0.717) is 37.9 Å². The Labute approximate surface area is 224 Å². The Hall–Kier alpha value is -2.04. The number of nitrogens with zero attached hydrogens (tertiary/aromatic N) is 3. The lowest BCUT2D eigenvalue weighted by Crippen LogP contribution is -2.24. The molecular formula is C21H22BrClN6O5S2. The molecule has 4 rings (SSSR count). The molecule has 192 valence electrons. The fourth-order valence-electron chi connectivity index (χ4n) is 3.98. The summed E-state index contributed by atoms with van der Waals surface area (Å²) in [5.74, 6) is -0.517. The zero-order valence-corrected chi connectivity index (χ0v) is 22.5. The molecule has 0 unspecified atom stereocenters. The SMILES string of the molecule is N[C@@H](c1cccc(Br)n1)c1cc(C(=O)c2cncnc2N[C@@H]2C[C@H](COS(N)(=O)=O)[C@@H](O)C2)sc1Cl. The summed E-state index contributed by atoms with van der Waals surface area (Å²) in [7, 11) is -4.11. The molecule has 15 heteroatoms. The van der Waals surface area contributed by atoms with E-state index in [9.17, 15) is 18.3 Å². The molecule has 0 saturated heterocycles. The highest BCUT2D eigenvalue weighted by Gasteiger charge is 2.35. The van der Waals surface area contributed by atoms with Gasteiger partial charge in [-0.1, -0.05) is 17.7 Å². The second-order valence-corrected chi connectivity index (χ2v) is 11.9. The van der Waals surface area contributed by atoms with E-state index in [-0.39, 0.29) is 29.8 Å². The van der Waals surface area contributed by atoms with Gasteiger partial charge in [-0.05, 0) is 47.0 Å². The molecule has 3 aromatic rings. The molecule has 1 aliphatic carbocycles. The number of hydrogen-bond donors (Lipinski definition) is 4. The van der Waals surface area contributed by atoms with Gasteiger partial charge in [-0.3, -0.25) is 8.98 Å². The predicted octanol–water partition coefficient (Wildman–Crippen LogP) is 2.40. The van der Waals surface area contributed by atoms with E-state index in [1.165, 1.54) is 12.5 Å². The Kier molecular flexibility index (Phi) is 8.36. The Balaban J connectivity index is 1.51. The number of anilines is 1. The molecule has 0 radical (unpaired) electrons. The number of hydrogen-bond acceptors (Lipinski definition) is 11. The van der Waals surface area contributed by atoms with E-state index in [0.717, 1.165) is 11.3 Å². The Morgan fingerprint density at radius 2 is 2.17 bits per heavy atom. The lowest BCUT2D eigenvalue weighted by atomic mass is 10.1. The van der Waals surface area contributed by atoms with E-state index in [1.54, 1.807) is 18.2 Å². The number of carbonyl (C=O) groups excluding carboxylic acids is 1. The zero-order valence-electron chi connectivity index (χ0n) is 18.5. The van der Waals surface area contributed by atoms with Crippen LogP contribution in [0.1, 0.15) is 45.4 Å². The van der Waals surface area contributed by atoms with Crippen molar-refractivity contribution in [1.82, 2.24) is 15.0 Å². The molecule has 4 atom stereocenters. The number of carbonyl (C=O) groups is 1. The summed E-state index contributed by atoms with van der Waals surface area (Å²) in [6, 6.07) is 6.09. The quantitative estimate of drug-likeness (QED) is 0.205. The van der Waals surface area contributed by atoms with Gasteiger partial charge >= 0.3 is 10.3 Å². The average molecular weight is 618 g/mol. The predicted molar refractivity (Wildman–Crippen MR) is 138 cm³/mol. The Morgan fingerprint density at radius 3 is 2.89 bits per heavy atom. The molecule has 6 N–H and O–H groups in total. The van der Waals surface area contributed by atoms with Crippen molar-refractivity contribution in [1.29, 1.82) is 0 Å². The number of nitrogens with one attached hydrogen (secondary N) is 1. The summed E-state index contributed by atoms with van der Waals surface area (Å²) >= 11 is 10.9. The summed E-state index contributed by atoms with van der Waals surface area (Å²) in [6.07, 6.45) is 2.58. The molecule has 36 heavy (non-hydrogen) atoms. The fourth-order valence-corrected chi connectivity index (χ4v) is 6.01. The van der Waals surface area contributed by atoms with Crippen LogP contribution < -0.4 is 16.2 Å². The molecule has 3 heterocycles. The monoisotopic (exact) mass is 616 g/mol. The fraction of sp³-hybridized carbons (Fsp3) is 0.333. The van der Waals surface area contributed by atoms with Gasteiger partial charge in [0.1, 0.15) is 16.7 Å². The third kappa shape index (κ3) is 6.44. The van der Waals surface area contributed by atoms with Crippen molar-refractivity contribution in [3.05, 3.63) is 67.4 Å².